The Hall–Kier alpha value is -0.840. The molecule has 1 unspecified atom stereocenters. The summed E-state index contributed by atoms with van der Waals surface area (Å²) in [6, 6.07) is 0. The van der Waals surface area contributed by atoms with E-state index in [1.165, 1.54) is 16.7 Å². The van der Waals surface area contributed by atoms with Gasteiger partial charge in [0, 0.05) is 24.8 Å². The standard InChI is InChI=1S/C13H21NO3S/c1-13(2,3)10(15)6-5-7-14-11(16)8-9(18-4)12(14)17/h9H,5-8H2,1-4H3. The van der Waals surface area contributed by atoms with Crippen molar-refractivity contribution in [1.82, 2.24) is 4.90 Å². The van der Waals surface area contributed by atoms with E-state index in [-0.39, 0.29) is 28.3 Å². The van der Waals surface area contributed by atoms with E-state index in [1.807, 2.05) is 27.0 Å². The number of thioether (sulfide) groups is 1. The quantitative estimate of drug-likeness (QED) is 0.716. The number of hydrogen-bond acceptors (Lipinski definition) is 4. The molecule has 0 aromatic rings. The second-order valence-electron chi connectivity index (χ2n) is 5.59. The van der Waals surface area contributed by atoms with E-state index in [0.29, 0.717) is 25.8 Å². The Balaban J connectivity index is 2.43. The summed E-state index contributed by atoms with van der Waals surface area (Å²) < 4.78 is 0. The molecule has 2 amide bonds. The van der Waals surface area contributed by atoms with E-state index in [2.05, 4.69) is 0 Å². The van der Waals surface area contributed by atoms with Crippen LogP contribution in [0, 0.1) is 5.41 Å². The Labute approximate surface area is 112 Å². The maximum Gasteiger partial charge on any atom is 0.242 e. The molecular weight excluding hydrogens is 250 g/mol. The van der Waals surface area contributed by atoms with Crippen LogP contribution in [0.3, 0.4) is 0 Å². The predicted octanol–water partition coefficient (Wildman–Crippen LogP) is 1.87. The number of nitrogens with zero attached hydrogens (tertiary/aromatic N) is 1. The molecule has 4 nitrogen and oxygen atoms in total. The lowest BCUT2D eigenvalue weighted by Crippen LogP contribution is -2.33. The average Bonchev–Trinajstić information content (AvgIpc) is 2.54. The van der Waals surface area contributed by atoms with Crippen LogP contribution in [0.2, 0.25) is 0 Å². The molecule has 0 aliphatic carbocycles. The van der Waals surface area contributed by atoms with Crippen molar-refractivity contribution in [3.05, 3.63) is 0 Å². The Bertz CT molecular complexity index is 360. The molecule has 102 valence electrons. The lowest BCUT2D eigenvalue weighted by atomic mass is 9.88. The Morgan fingerprint density at radius 1 is 1.39 bits per heavy atom. The van der Waals surface area contributed by atoms with Crippen molar-refractivity contribution >= 4 is 29.4 Å². The minimum Gasteiger partial charge on any atom is -0.299 e. The zero-order valence-corrected chi connectivity index (χ0v) is 12.3. The molecule has 5 heteroatoms. The van der Waals surface area contributed by atoms with Gasteiger partial charge in [-0.05, 0) is 12.7 Å². The molecule has 0 aromatic heterocycles. The molecule has 1 fully saturated rings. The molecule has 0 aromatic carbocycles. The van der Waals surface area contributed by atoms with Gasteiger partial charge in [-0.1, -0.05) is 20.8 Å². The van der Waals surface area contributed by atoms with Gasteiger partial charge in [0.1, 0.15) is 5.78 Å². The molecule has 0 radical (unpaired) electrons. The van der Waals surface area contributed by atoms with E-state index in [0.717, 1.165) is 0 Å². The number of carbonyl (C=O) groups is 3. The Kier molecular flexibility index (Phi) is 4.96. The van der Waals surface area contributed by atoms with E-state index in [9.17, 15) is 14.4 Å². The second-order valence-corrected chi connectivity index (χ2v) is 6.63. The third-order valence-electron chi connectivity index (χ3n) is 3.11. The molecule has 1 aliphatic rings. The van der Waals surface area contributed by atoms with Crippen molar-refractivity contribution in [2.75, 3.05) is 12.8 Å². The number of hydrogen-bond donors (Lipinski definition) is 0. The summed E-state index contributed by atoms with van der Waals surface area (Å²) in [5.74, 6) is -0.0405. The van der Waals surface area contributed by atoms with Crippen molar-refractivity contribution in [3.63, 3.8) is 0 Å². The van der Waals surface area contributed by atoms with Gasteiger partial charge in [-0.15, -0.1) is 0 Å². The third-order valence-corrected chi connectivity index (χ3v) is 4.05. The van der Waals surface area contributed by atoms with Gasteiger partial charge in [0.15, 0.2) is 0 Å². The van der Waals surface area contributed by atoms with Gasteiger partial charge in [-0.2, -0.15) is 11.8 Å². The summed E-state index contributed by atoms with van der Waals surface area (Å²) >= 11 is 1.41. The van der Waals surface area contributed by atoms with Crippen LogP contribution in [0.1, 0.15) is 40.0 Å². The molecule has 0 bridgehead atoms. The lowest BCUT2D eigenvalue weighted by molar-refractivity contribution is -0.138. The minimum absolute atomic E-state index is 0.101. The molecule has 0 N–H and O–H groups in total. The smallest absolute Gasteiger partial charge is 0.242 e. The van der Waals surface area contributed by atoms with Crippen LogP contribution in [0.15, 0.2) is 0 Å². The maximum atomic E-state index is 11.8. The van der Waals surface area contributed by atoms with Crippen molar-refractivity contribution < 1.29 is 14.4 Å². The second kappa shape index (κ2) is 5.87. The predicted molar refractivity (Wildman–Crippen MR) is 72.3 cm³/mol. The molecule has 1 heterocycles. The number of carbonyl (C=O) groups excluding carboxylic acids is 3. The van der Waals surface area contributed by atoms with Crippen LogP contribution in [-0.4, -0.2) is 40.5 Å². The first-order chi connectivity index (χ1) is 8.27. The highest BCUT2D eigenvalue weighted by Crippen LogP contribution is 2.24. The van der Waals surface area contributed by atoms with Crippen LogP contribution in [0.5, 0.6) is 0 Å². The lowest BCUT2D eigenvalue weighted by Gasteiger charge is -2.18. The molecule has 1 aliphatic heterocycles. The zero-order chi connectivity index (χ0) is 13.9. The fraction of sp³-hybridized carbons (Fsp3) is 0.769. The van der Waals surface area contributed by atoms with Gasteiger partial charge in [0.25, 0.3) is 0 Å². The largest absolute Gasteiger partial charge is 0.299 e. The number of rotatable bonds is 5. The molecule has 1 saturated heterocycles. The van der Waals surface area contributed by atoms with Crippen molar-refractivity contribution in [3.8, 4) is 0 Å². The van der Waals surface area contributed by atoms with E-state index < -0.39 is 0 Å². The van der Waals surface area contributed by atoms with E-state index >= 15 is 0 Å². The molecule has 0 saturated carbocycles. The number of likely N-dealkylation sites (tertiary alicyclic amines) is 1. The van der Waals surface area contributed by atoms with E-state index in [4.69, 9.17) is 0 Å². The first-order valence-electron chi connectivity index (χ1n) is 6.17. The van der Waals surface area contributed by atoms with Gasteiger partial charge in [0.05, 0.1) is 5.25 Å². The zero-order valence-electron chi connectivity index (χ0n) is 11.5. The highest BCUT2D eigenvalue weighted by Gasteiger charge is 2.37. The van der Waals surface area contributed by atoms with Crippen LogP contribution >= 0.6 is 11.8 Å². The number of amides is 2. The molecule has 0 spiro atoms. The SMILES string of the molecule is CSC1CC(=O)N(CCCC(=O)C(C)(C)C)C1=O. The molecule has 1 atom stereocenters. The fourth-order valence-corrected chi connectivity index (χ4v) is 2.48. The van der Waals surface area contributed by atoms with Gasteiger partial charge < -0.3 is 0 Å². The van der Waals surface area contributed by atoms with Gasteiger partial charge >= 0.3 is 0 Å². The Morgan fingerprint density at radius 2 is 2.00 bits per heavy atom. The first kappa shape index (κ1) is 15.2. The van der Waals surface area contributed by atoms with Crippen LogP contribution in [0.25, 0.3) is 0 Å². The summed E-state index contributed by atoms with van der Waals surface area (Å²) in [6.07, 6.45) is 3.12. The van der Waals surface area contributed by atoms with Crippen molar-refractivity contribution in [1.29, 1.82) is 0 Å². The van der Waals surface area contributed by atoms with E-state index in [1.54, 1.807) is 0 Å². The summed E-state index contributed by atoms with van der Waals surface area (Å²) in [6.45, 7) is 6.01. The monoisotopic (exact) mass is 271 g/mol. The van der Waals surface area contributed by atoms with Crippen LogP contribution < -0.4 is 0 Å². The normalized spacial score (nSPS) is 20.7. The summed E-state index contributed by atoms with van der Waals surface area (Å²) in [5.41, 5.74) is -0.346. The number of Topliss-reactive ketones (excluding diaryl/α,β-unsaturated/α-hetero) is 1. The summed E-state index contributed by atoms with van der Waals surface area (Å²) in [4.78, 5) is 36.5. The molecule has 1 rings (SSSR count). The first-order valence-corrected chi connectivity index (χ1v) is 7.46. The third kappa shape index (κ3) is 3.57. The average molecular weight is 271 g/mol. The minimum atomic E-state index is -0.346. The highest BCUT2D eigenvalue weighted by molar-refractivity contribution is 8.00. The Morgan fingerprint density at radius 3 is 2.44 bits per heavy atom. The van der Waals surface area contributed by atoms with Crippen LogP contribution in [-0.2, 0) is 14.4 Å². The number of ketones is 1. The fourth-order valence-electron chi connectivity index (χ4n) is 1.84. The van der Waals surface area contributed by atoms with Crippen molar-refractivity contribution in [2.45, 2.75) is 45.3 Å². The van der Waals surface area contributed by atoms with Crippen LogP contribution in [0.4, 0.5) is 0 Å². The highest BCUT2D eigenvalue weighted by atomic mass is 32.2. The maximum absolute atomic E-state index is 11.8. The number of imide groups is 1. The summed E-state index contributed by atoms with van der Waals surface area (Å²) in [7, 11) is 0. The molecular formula is C13H21NO3S. The van der Waals surface area contributed by atoms with Gasteiger partial charge in [-0.25, -0.2) is 0 Å². The topological polar surface area (TPSA) is 54.5 Å². The van der Waals surface area contributed by atoms with Crippen molar-refractivity contribution in [2.24, 2.45) is 5.41 Å². The van der Waals surface area contributed by atoms with Gasteiger partial charge in [-0.3, -0.25) is 19.3 Å². The van der Waals surface area contributed by atoms with Gasteiger partial charge in [0.2, 0.25) is 11.8 Å². The summed E-state index contributed by atoms with van der Waals surface area (Å²) in [5, 5.41) is -0.226. The molecule has 18 heavy (non-hydrogen) atoms.